The molecule has 0 aromatic heterocycles. The van der Waals surface area contributed by atoms with E-state index in [1.54, 1.807) is 18.2 Å². The molecule has 1 atom stereocenters. The minimum absolute atomic E-state index is 0.0111. The summed E-state index contributed by atoms with van der Waals surface area (Å²) < 4.78 is 31.1. The zero-order chi connectivity index (χ0) is 19.3. The van der Waals surface area contributed by atoms with Crippen LogP contribution in [0.1, 0.15) is 32.8 Å². The van der Waals surface area contributed by atoms with Gasteiger partial charge in [-0.05, 0) is 25.0 Å². The minimum atomic E-state index is -3.60. The van der Waals surface area contributed by atoms with E-state index in [1.165, 1.54) is 6.07 Å². The van der Waals surface area contributed by atoms with Crippen LogP contribution in [-0.4, -0.2) is 45.3 Å². The van der Waals surface area contributed by atoms with Gasteiger partial charge in [-0.1, -0.05) is 26.0 Å². The molecule has 1 heterocycles. The third-order valence-corrected chi connectivity index (χ3v) is 5.40. The molecule has 0 saturated heterocycles. The molecule has 0 radical (unpaired) electrons. The van der Waals surface area contributed by atoms with E-state index in [0.717, 1.165) is 0 Å². The van der Waals surface area contributed by atoms with Gasteiger partial charge in [0.15, 0.2) is 6.61 Å². The summed E-state index contributed by atoms with van der Waals surface area (Å²) in [6.45, 7) is 5.54. The van der Waals surface area contributed by atoms with Crippen LogP contribution in [0.15, 0.2) is 34.2 Å². The first-order valence-corrected chi connectivity index (χ1v) is 9.80. The van der Waals surface area contributed by atoms with Crippen molar-refractivity contribution in [2.75, 3.05) is 13.2 Å². The number of benzene rings is 1. The smallest absolute Gasteiger partial charge is 0.308 e. The molecule has 0 saturated carbocycles. The van der Waals surface area contributed by atoms with Gasteiger partial charge in [-0.25, -0.2) is 8.42 Å². The fourth-order valence-corrected chi connectivity index (χ4v) is 3.44. The quantitative estimate of drug-likeness (QED) is 0.679. The highest BCUT2D eigenvalue weighted by molar-refractivity contribution is 7.90. The molecule has 9 heteroatoms. The number of hydrogen-bond acceptors (Lipinski definition) is 6. The van der Waals surface area contributed by atoms with Gasteiger partial charge in [-0.15, -0.1) is 0 Å². The molecule has 2 rings (SSSR count). The van der Waals surface area contributed by atoms with Gasteiger partial charge in [0.1, 0.15) is 5.84 Å². The summed E-state index contributed by atoms with van der Waals surface area (Å²) in [6, 6.07) is 6.46. The minimum Gasteiger partial charge on any atom is -0.456 e. The van der Waals surface area contributed by atoms with E-state index >= 15 is 0 Å². The number of fused-ring (bicyclic) bond motifs is 1. The average Bonchev–Trinajstić information content (AvgIpc) is 2.84. The molecule has 1 aliphatic rings. The Balaban J connectivity index is 1.82. The van der Waals surface area contributed by atoms with Crippen LogP contribution in [0.4, 0.5) is 0 Å². The number of hydrogen-bond donors (Lipinski definition) is 2. The van der Waals surface area contributed by atoms with Gasteiger partial charge in [0.25, 0.3) is 15.9 Å². The number of amides is 1. The number of ether oxygens (including phenoxy) is 1. The van der Waals surface area contributed by atoms with Crippen molar-refractivity contribution in [3.8, 4) is 0 Å². The molecule has 26 heavy (non-hydrogen) atoms. The van der Waals surface area contributed by atoms with E-state index < -0.39 is 16.0 Å². The molecule has 0 spiro atoms. The zero-order valence-electron chi connectivity index (χ0n) is 15.0. The second-order valence-electron chi connectivity index (χ2n) is 6.34. The molecule has 1 aliphatic heterocycles. The van der Waals surface area contributed by atoms with Gasteiger partial charge in [-0.2, -0.15) is 0 Å². The number of rotatable bonds is 7. The van der Waals surface area contributed by atoms with Gasteiger partial charge in [0.2, 0.25) is 0 Å². The lowest BCUT2D eigenvalue weighted by atomic mass is 10.1. The molecular weight excluding hydrogens is 358 g/mol. The lowest BCUT2D eigenvalue weighted by Crippen LogP contribution is -2.38. The van der Waals surface area contributed by atoms with E-state index in [-0.39, 0.29) is 48.2 Å². The molecule has 0 bridgehead atoms. The van der Waals surface area contributed by atoms with Gasteiger partial charge < -0.3 is 10.1 Å². The maximum absolute atomic E-state index is 11.9. The summed E-state index contributed by atoms with van der Waals surface area (Å²) >= 11 is 0. The fraction of sp³-hybridized carbons (Fsp3) is 0.471. The zero-order valence-corrected chi connectivity index (χ0v) is 15.8. The molecule has 0 unspecified atom stereocenters. The van der Waals surface area contributed by atoms with E-state index in [4.69, 9.17) is 4.74 Å². The van der Waals surface area contributed by atoms with Gasteiger partial charge >= 0.3 is 5.97 Å². The first-order chi connectivity index (χ1) is 12.2. The predicted octanol–water partition coefficient (Wildman–Crippen LogP) is 0.819. The maximum atomic E-state index is 11.9. The maximum Gasteiger partial charge on any atom is 0.308 e. The summed E-state index contributed by atoms with van der Waals surface area (Å²) in [5, 5.41) is 2.74. The van der Waals surface area contributed by atoms with Crippen LogP contribution >= 0.6 is 0 Å². The lowest BCUT2D eigenvalue weighted by molar-refractivity contribution is -0.148. The number of carbonyl (C=O) groups is 2. The Labute approximate surface area is 153 Å². The number of aliphatic imine (C=N–C) groups is 1. The molecular formula is C17H23N3O5S. The van der Waals surface area contributed by atoms with Crippen molar-refractivity contribution in [1.82, 2.24) is 10.0 Å². The van der Waals surface area contributed by atoms with Gasteiger partial charge in [0.05, 0.1) is 17.9 Å². The summed E-state index contributed by atoms with van der Waals surface area (Å²) in [5.41, 5.74) is 0.475. The van der Waals surface area contributed by atoms with Crippen LogP contribution < -0.4 is 10.0 Å². The predicted molar refractivity (Wildman–Crippen MR) is 96.2 cm³/mol. The van der Waals surface area contributed by atoms with Crippen LogP contribution in [0.5, 0.6) is 0 Å². The van der Waals surface area contributed by atoms with Crippen LogP contribution in [0.25, 0.3) is 0 Å². The van der Waals surface area contributed by atoms with Crippen molar-refractivity contribution < 1.29 is 22.7 Å². The molecule has 1 amide bonds. The number of nitrogens with one attached hydrogen (secondary N) is 2. The standard InChI is InChI=1S/C17H23N3O5S/c1-11(2)12(3)19-15(21)10-25-16(22)8-9-18-17-13-6-4-5-7-14(13)26(23,24)20-17/h4-7,11-12H,8-10H2,1-3H3,(H,18,20)(H,19,21)/t12-/m0/s1. The van der Waals surface area contributed by atoms with E-state index in [0.29, 0.717) is 5.56 Å². The van der Waals surface area contributed by atoms with E-state index in [1.807, 2.05) is 20.8 Å². The highest BCUT2D eigenvalue weighted by Gasteiger charge is 2.29. The SMILES string of the molecule is CC(C)[C@H](C)NC(=O)COC(=O)CCN=C1NS(=O)(=O)c2ccccc21. The highest BCUT2D eigenvalue weighted by Crippen LogP contribution is 2.22. The molecule has 1 aromatic rings. The topological polar surface area (TPSA) is 114 Å². The van der Waals surface area contributed by atoms with Crippen LogP contribution in [0.2, 0.25) is 0 Å². The largest absolute Gasteiger partial charge is 0.456 e. The number of amidine groups is 1. The van der Waals surface area contributed by atoms with Crippen molar-refractivity contribution in [3.05, 3.63) is 29.8 Å². The van der Waals surface area contributed by atoms with E-state index in [9.17, 15) is 18.0 Å². The fourth-order valence-electron chi connectivity index (χ4n) is 2.19. The molecule has 0 fully saturated rings. The monoisotopic (exact) mass is 381 g/mol. The van der Waals surface area contributed by atoms with E-state index in [2.05, 4.69) is 15.0 Å². The number of carbonyl (C=O) groups excluding carboxylic acids is 2. The number of sulfonamides is 1. The normalized spacial score (nSPS) is 17.5. The van der Waals surface area contributed by atoms with Crippen LogP contribution in [0, 0.1) is 5.92 Å². The summed E-state index contributed by atoms with van der Waals surface area (Å²) in [7, 11) is -3.60. The van der Waals surface area contributed by atoms with Crippen LogP contribution in [-0.2, 0) is 24.3 Å². The van der Waals surface area contributed by atoms with Crippen molar-refractivity contribution >= 4 is 27.7 Å². The average molecular weight is 381 g/mol. The Kier molecular flexibility index (Phi) is 6.36. The van der Waals surface area contributed by atoms with Crippen molar-refractivity contribution in [2.45, 2.75) is 38.1 Å². The Morgan fingerprint density at radius 3 is 2.62 bits per heavy atom. The number of esters is 1. The van der Waals surface area contributed by atoms with Crippen molar-refractivity contribution in [1.29, 1.82) is 0 Å². The van der Waals surface area contributed by atoms with Gasteiger partial charge in [-0.3, -0.25) is 19.3 Å². The first-order valence-electron chi connectivity index (χ1n) is 8.32. The summed E-state index contributed by atoms with van der Waals surface area (Å²) in [6.07, 6.45) is -0.0552. The Hall–Kier alpha value is -2.42. The van der Waals surface area contributed by atoms with Crippen molar-refractivity contribution in [3.63, 3.8) is 0 Å². The molecule has 1 aromatic carbocycles. The molecule has 142 valence electrons. The first kappa shape index (κ1) is 19.9. The van der Waals surface area contributed by atoms with Gasteiger partial charge in [0, 0.05) is 11.6 Å². The Morgan fingerprint density at radius 2 is 1.92 bits per heavy atom. The summed E-state index contributed by atoms with van der Waals surface area (Å²) in [4.78, 5) is 27.7. The molecule has 8 nitrogen and oxygen atoms in total. The summed E-state index contributed by atoms with van der Waals surface area (Å²) in [5.74, 6) is -0.445. The Bertz CT molecular complexity index is 817. The Morgan fingerprint density at radius 1 is 1.23 bits per heavy atom. The third-order valence-electron chi connectivity index (χ3n) is 4.00. The molecule has 2 N–H and O–H groups in total. The van der Waals surface area contributed by atoms with Crippen molar-refractivity contribution in [2.24, 2.45) is 10.9 Å². The lowest BCUT2D eigenvalue weighted by Gasteiger charge is -2.17. The second kappa shape index (κ2) is 8.31. The molecule has 0 aliphatic carbocycles. The second-order valence-corrected chi connectivity index (χ2v) is 7.99. The van der Waals surface area contributed by atoms with Crippen LogP contribution in [0.3, 0.4) is 0 Å². The highest BCUT2D eigenvalue weighted by atomic mass is 32.2. The number of nitrogens with zero attached hydrogens (tertiary/aromatic N) is 1. The third kappa shape index (κ3) is 5.04.